The van der Waals surface area contributed by atoms with E-state index in [9.17, 15) is 4.79 Å². The zero-order chi connectivity index (χ0) is 23.2. The lowest BCUT2D eigenvalue weighted by molar-refractivity contribution is -0.116. The highest BCUT2D eigenvalue weighted by molar-refractivity contribution is 8.01. The summed E-state index contributed by atoms with van der Waals surface area (Å²) in [5.41, 5.74) is 5.44. The van der Waals surface area contributed by atoms with E-state index in [0.717, 1.165) is 26.7 Å². The van der Waals surface area contributed by atoms with Crippen molar-refractivity contribution in [2.45, 2.75) is 22.4 Å². The average Bonchev–Trinajstić information content (AvgIpc) is 3.29. The second-order valence-electron chi connectivity index (χ2n) is 8.02. The molecule has 5 rings (SSSR count). The van der Waals surface area contributed by atoms with Gasteiger partial charge in [0.1, 0.15) is 0 Å². The summed E-state index contributed by atoms with van der Waals surface area (Å²) < 4.78 is 2.09. The molecule has 4 aromatic carbocycles. The van der Waals surface area contributed by atoms with Crippen molar-refractivity contribution in [1.29, 1.82) is 0 Å². The minimum atomic E-state index is 0.0236. The number of hydrogen-bond acceptors (Lipinski definition) is 4. The first-order valence-electron chi connectivity index (χ1n) is 11.3. The first-order valence-corrected chi connectivity index (χ1v) is 13.0. The van der Waals surface area contributed by atoms with Crippen LogP contribution in [0.1, 0.15) is 28.4 Å². The predicted octanol–water partition coefficient (Wildman–Crippen LogP) is 7.75. The number of nitrogens with zero attached hydrogens (tertiary/aromatic N) is 1. The molecule has 0 saturated heterocycles. The highest BCUT2D eigenvalue weighted by Gasteiger charge is 2.18. The van der Waals surface area contributed by atoms with Crippen LogP contribution in [-0.2, 0) is 11.2 Å². The number of nitrogens with one attached hydrogen (secondary N) is 1. The second kappa shape index (κ2) is 10.7. The van der Waals surface area contributed by atoms with Gasteiger partial charge in [0.25, 0.3) is 0 Å². The van der Waals surface area contributed by atoms with Crippen molar-refractivity contribution in [1.82, 2.24) is 4.98 Å². The number of rotatable bonds is 8. The molecule has 0 aliphatic rings. The van der Waals surface area contributed by atoms with Crippen LogP contribution in [0.3, 0.4) is 0 Å². The van der Waals surface area contributed by atoms with Crippen molar-refractivity contribution in [3.63, 3.8) is 0 Å². The number of carbonyl (C=O) groups is 1. The predicted molar refractivity (Wildman–Crippen MR) is 144 cm³/mol. The summed E-state index contributed by atoms with van der Waals surface area (Å²) >= 11 is 3.43. The van der Waals surface area contributed by atoms with Crippen LogP contribution < -0.4 is 5.32 Å². The van der Waals surface area contributed by atoms with Gasteiger partial charge in [0.2, 0.25) is 5.91 Å². The number of amides is 1. The Labute approximate surface area is 207 Å². The van der Waals surface area contributed by atoms with Crippen molar-refractivity contribution >= 4 is 44.9 Å². The molecule has 1 heterocycles. The van der Waals surface area contributed by atoms with Crippen LogP contribution in [0, 0.1) is 0 Å². The monoisotopic (exact) mass is 480 g/mol. The van der Waals surface area contributed by atoms with Crippen LogP contribution in [0.4, 0.5) is 5.69 Å². The van der Waals surface area contributed by atoms with E-state index in [0.29, 0.717) is 6.42 Å². The Balaban J connectivity index is 1.31. The number of hydrogen-bond donors (Lipinski definition) is 1. The topological polar surface area (TPSA) is 42.0 Å². The van der Waals surface area contributed by atoms with Crippen LogP contribution in [0.15, 0.2) is 114 Å². The third-order valence-electron chi connectivity index (χ3n) is 5.56. The summed E-state index contributed by atoms with van der Waals surface area (Å²) in [7, 11) is 0. The zero-order valence-electron chi connectivity index (χ0n) is 18.6. The molecule has 168 valence electrons. The summed E-state index contributed by atoms with van der Waals surface area (Å²) in [6, 6.07) is 37.1. The van der Waals surface area contributed by atoms with Crippen LogP contribution in [0.2, 0.25) is 0 Å². The number of aromatic nitrogens is 1. The first-order chi connectivity index (χ1) is 16.7. The van der Waals surface area contributed by atoms with E-state index in [4.69, 9.17) is 4.98 Å². The zero-order valence-corrected chi connectivity index (χ0v) is 20.2. The van der Waals surface area contributed by atoms with Crippen LogP contribution in [-0.4, -0.2) is 10.9 Å². The number of carbonyl (C=O) groups excluding carboxylic acids is 1. The molecular formula is C29H24N2OS2. The third kappa shape index (κ3) is 5.56. The highest BCUT2D eigenvalue weighted by atomic mass is 32.2. The molecule has 1 amide bonds. The molecule has 5 heteroatoms. The lowest BCUT2D eigenvalue weighted by Crippen LogP contribution is -2.12. The van der Waals surface area contributed by atoms with E-state index in [2.05, 4.69) is 53.8 Å². The maximum Gasteiger partial charge on any atom is 0.224 e. The van der Waals surface area contributed by atoms with Gasteiger partial charge < -0.3 is 5.32 Å². The van der Waals surface area contributed by atoms with E-state index in [1.54, 1.807) is 23.1 Å². The van der Waals surface area contributed by atoms with Crippen molar-refractivity contribution in [3.8, 4) is 0 Å². The summed E-state index contributed by atoms with van der Waals surface area (Å²) in [5.74, 6) is 0.0236. The number of aryl methyl sites for hydroxylation is 1. The highest BCUT2D eigenvalue weighted by Crippen LogP contribution is 2.43. The molecular weight excluding hydrogens is 456 g/mol. The Bertz CT molecular complexity index is 1330. The molecule has 0 saturated carbocycles. The molecule has 0 fully saturated rings. The Morgan fingerprint density at radius 2 is 1.44 bits per heavy atom. The molecule has 0 spiro atoms. The molecule has 0 bridgehead atoms. The number of thioether (sulfide) groups is 1. The van der Waals surface area contributed by atoms with Crippen molar-refractivity contribution < 1.29 is 4.79 Å². The molecule has 0 aliphatic carbocycles. The molecule has 34 heavy (non-hydrogen) atoms. The van der Waals surface area contributed by atoms with E-state index >= 15 is 0 Å². The molecule has 0 unspecified atom stereocenters. The Morgan fingerprint density at radius 3 is 2.09 bits per heavy atom. The van der Waals surface area contributed by atoms with Gasteiger partial charge in [-0.15, -0.1) is 11.3 Å². The number of thiazole rings is 1. The number of benzene rings is 4. The molecule has 5 aromatic rings. The minimum Gasteiger partial charge on any atom is -0.326 e. The molecule has 0 radical (unpaired) electrons. The molecule has 0 aliphatic heterocycles. The fourth-order valence-electron chi connectivity index (χ4n) is 3.84. The standard InChI is InChI=1S/C29H24N2OS2/c32-27(19-16-21-10-4-1-5-11-21)30-24-17-18-25-26(20-24)33-29(31-25)34-28(22-12-6-2-7-13-22)23-14-8-3-9-15-23/h1-15,17-18,20,28H,16,19H2,(H,30,32). The summed E-state index contributed by atoms with van der Waals surface area (Å²) in [5, 5.41) is 3.21. The molecule has 3 nitrogen and oxygen atoms in total. The molecule has 0 atom stereocenters. The van der Waals surface area contributed by atoms with E-state index < -0.39 is 0 Å². The SMILES string of the molecule is O=C(CCc1ccccc1)Nc1ccc2nc(SC(c3ccccc3)c3ccccc3)sc2c1. The summed E-state index contributed by atoms with van der Waals surface area (Å²) in [6.07, 6.45) is 1.19. The number of fused-ring (bicyclic) bond motifs is 1. The lowest BCUT2D eigenvalue weighted by atomic mass is 10.0. The second-order valence-corrected chi connectivity index (χ2v) is 10.4. The Kier molecular flexibility index (Phi) is 7.03. The lowest BCUT2D eigenvalue weighted by Gasteiger charge is -2.16. The fraction of sp³-hybridized carbons (Fsp3) is 0.103. The maximum absolute atomic E-state index is 12.5. The van der Waals surface area contributed by atoms with Crippen LogP contribution in [0.25, 0.3) is 10.2 Å². The van der Waals surface area contributed by atoms with Gasteiger partial charge >= 0.3 is 0 Å². The van der Waals surface area contributed by atoms with Crippen molar-refractivity contribution in [2.24, 2.45) is 0 Å². The van der Waals surface area contributed by atoms with Gasteiger partial charge in [-0.3, -0.25) is 4.79 Å². The van der Waals surface area contributed by atoms with Crippen LogP contribution in [0.5, 0.6) is 0 Å². The van der Waals surface area contributed by atoms with E-state index in [-0.39, 0.29) is 11.2 Å². The van der Waals surface area contributed by atoms with Crippen LogP contribution >= 0.6 is 23.1 Å². The van der Waals surface area contributed by atoms with Gasteiger partial charge in [0.05, 0.1) is 15.5 Å². The Hall–Kier alpha value is -3.41. The normalized spacial score (nSPS) is 11.1. The van der Waals surface area contributed by atoms with Gasteiger partial charge in [-0.2, -0.15) is 0 Å². The minimum absolute atomic E-state index is 0.0236. The smallest absolute Gasteiger partial charge is 0.224 e. The van der Waals surface area contributed by atoms with E-state index in [1.165, 1.54) is 16.7 Å². The molecule has 1 aromatic heterocycles. The summed E-state index contributed by atoms with van der Waals surface area (Å²) in [4.78, 5) is 17.3. The first kappa shape index (κ1) is 22.4. The van der Waals surface area contributed by atoms with Gasteiger partial charge in [0, 0.05) is 12.1 Å². The third-order valence-corrected chi connectivity index (χ3v) is 7.98. The van der Waals surface area contributed by atoms with Gasteiger partial charge in [0.15, 0.2) is 4.34 Å². The quantitative estimate of drug-likeness (QED) is 0.231. The summed E-state index contributed by atoms with van der Waals surface area (Å²) in [6.45, 7) is 0. The largest absolute Gasteiger partial charge is 0.326 e. The Morgan fingerprint density at radius 1 is 0.824 bits per heavy atom. The van der Waals surface area contributed by atoms with Crippen molar-refractivity contribution in [3.05, 3.63) is 126 Å². The molecule has 1 N–H and O–H groups in total. The van der Waals surface area contributed by atoms with Gasteiger partial charge in [-0.25, -0.2) is 4.98 Å². The van der Waals surface area contributed by atoms with E-state index in [1.807, 2.05) is 60.7 Å². The van der Waals surface area contributed by atoms with Gasteiger partial charge in [-0.05, 0) is 41.3 Å². The number of anilines is 1. The van der Waals surface area contributed by atoms with Gasteiger partial charge in [-0.1, -0.05) is 103 Å². The maximum atomic E-state index is 12.5. The van der Waals surface area contributed by atoms with Crippen molar-refractivity contribution in [2.75, 3.05) is 5.32 Å². The average molecular weight is 481 g/mol. The fourth-order valence-corrected chi connectivity index (χ4v) is 6.27.